The number of aromatic nitrogens is 1. The Hall–Kier alpha value is -1.84. The molecular formula is C10H8F2N2. The number of nitrogens with two attached hydrogens (primary N) is 1. The summed E-state index contributed by atoms with van der Waals surface area (Å²) < 4.78 is 27.6. The van der Waals surface area contributed by atoms with Crippen LogP contribution in [0.2, 0.25) is 0 Å². The van der Waals surface area contributed by atoms with Crippen molar-refractivity contribution >= 4 is 5.69 Å². The second kappa shape index (κ2) is 3.14. The van der Waals surface area contributed by atoms with Gasteiger partial charge >= 0.3 is 0 Å². The molecule has 1 aromatic carbocycles. The second-order valence-electron chi connectivity index (χ2n) is 2.92. The number of hydrogen-bond acceptors (Lipinski definition) is 1. The van der Waals surface area contributed by atoms with Crippen molar-refractivity contribution in [3.05, 3.63) is 48.3 Å². The lowest BCUT2D eigenvalue weighted by Gasteiger charge is -2.06. The van der Waals surface area contributed by atoms with Crippen LogP contribution in [-0.4, -0.2) is 4.57 Å². The molecule has 72 valence electrons. The van der Waals surface area contributed by atoms with Crippen LogP contribution >= 0.6 is 0 Å². The van der Waals surface area contributed by atoms with Crippen molar-refractivity contribution in [3.8, 4) is 5.69 Å². The molecule has 0 aliphatic rings. The van der Waals surface area contributed by atoms with Crippen molar-refractivity contribution in [2.24, 2.45) is 0 Å². The average molecular weight is 194 g/mol. The highest BCUT2D eigenvalue weighted by atomic mass is 19.1. The van der Waals surface area contributed by atoms with Gasteiger partial charge in [0, 0.05) is 18.5 Å². The van der Waals surface area contributed by atoms with Crippen molar-refractivity contribution in [3.63, 3.8) is 0 Å². The molecule has 2 rings (SSSR count). The molecular weight excluding hydrogens is 186 g/mol. The number of nitrogens with zero attached hydrogens (tertiary/aromatic N) is 1. The van der Waals surface area contributed by atoms with Gasteiger partial charge in [-0.1, -0.05) is 0 Å². The molecule has 0 saturated carbocycles. The highest BCUT2D eigenvalue weighted by Gasteiger charge is 2.08. The number of benzene rings is 1. The fourth-order valence-corrected chi connectivity index (χ4v) is 1.25. The first-order valence-corrected chi connectivity index (χ1v) is 4.06. The Morgan fingerprint density at radius 3 is 2.29 bits per heavy atom. The first-order valence-electron chi connectivity index (χ1n) is 4.06. The maximum Gasteiger partial charge on any atom is 0.150 e. The van der Waals surface area contributed by atoms with Crippen molar-refractivity contribution in [1.82, 2.24) is 4.57 Å². The monoisotopic (exact) mass is 194 g/mol. The smallest absolute Gasteiger partial charge is 0.150 e. The van der Waals surface area contributed by atoms with Crippen LogP contribution in [0.1, 0.15) is 0 Å². The zero-order chi connectivity index (χ0) is 10.1. The highest BCUT2D eigenvalue weighted by molar-refractivity contribution is 5.49. The molecule has 1 aromatic heterocycles. The molecule has 2 nitrogen and oxygen atoms in total. The number of nitrogen functional groups attached to an aromatic ring is 1. The summed E-state index contributed by atoms with van der Waals surface area (Å²) in [4.78, 5) is 0. The summed E-state index contributed by atoms with van der Waals surface area (Å²) in [7, 11) is 0. The minimum atomic E-state index is -0.738. The summed E-state index contributed by atoms with van der Waals surface area (Å²) in [5.74, 6) is -1.37. The molecule has 14 heavy (non-hydrogen) atoms. The van der Waals surface area contributed by atoms with E-state index in [0.717, 1.165) is 6.07 Å². The van der Waals surface area contributed by atoms with Crippen LogP contribution in [-0.2, 0) is 0 Å². The van der Waals surface area contributed by atoms with Crippen LogP contribution in [0, 0.1) is 11.6 Å². The Bertz CT molecular complexity index is 449. The third-order valence-electron chi connectivity index (χ3n) is 1.95. The Labute approximate surface area is 79.6 Å². The summed E-state index contributed by atoms with van der Waals surface area (Å²) in [5, 5.41) is 0. The first-order chi connectivity index (χ1) is 6.68. The molecule has 4 heteroatoms. The maximum absolute atomic E-state index is 13.3. The predicted octanol–water partition coefficient (Wildman–Crippen LogP) is 2.34. The molecule has 0 radical (unpaired) electrons. The van der Waals surface area contributed by atoms with E-state index < -0.39 is 11.6 Å². The zero-order valence-electron chi connectivity index (χ0n) is 7.24. The molecule has 0 aliphatic carbocycles. The molecule has 0 amide bonds. The van der Waals surface area contributed by atoms with Gasteiger partial charge in [-0.2, -0.15) is 0 Å². The van der Waals surface area contributed by atoms with Crippen LogP contribution in [0.25, 0.3) is 5.69 Å². The summed E-state index contributed by atoms with van der Waals surface area (Å²) in [6.45, 7) is 0. The van der Waals surface area contributed by atoms with Gasteiger partial charge in [0.25, 0.3) is 0 Å². The van der Waals surface area contributed by atoms with Gasteiger partial charge in [-0.25, -0.2) is 8.78 Å². The van der Waals surface area contributed by atoms with Crippen molar-refractivity contribution in [1.29, 1.82) is 0 Å². The summed E-state index contributed by atoms with van der Waals surface area (Å²) in [6, 6.07) is 5.55. The third kappa shape index (κ3) is 1.35. The summed E-state index contributed by atoms with van der Waals surface area (Å²) in [6.07, 6.45) is 3.32. The lowest BCUT2D eigenvalue weighted by molar-refractivity contribution is 0.581. The van der Waals surface area contributed by atoms with E-state index in [-0.39, 0.29) is 11.4 Å². The number of rotatable bonds is 1. The molecule has 1 heterocycles. The molecule has 2 aromatic rings. The van der Waals surface area contributed by atoms with Gasteiger partial charge in [0.15, 0.2) is 0 Å². The third-order valence-corrected chi connectivity index (χ3v) is 1.95. The number of hydrogen-bond donors (Lipinski definition) is 1. The standard InChI is InChI=1S/C10H8F2N2/c11-7-5-8(12)10(6-9(7)13)14-3-1-2-4-14/h1-6H,13H2. The Morgan fingerprint density at radius 1 is 1.00 bits per heavy atom. The highest BCUT2D eigenvalue weighted by Crippen LogP contribution is 2.19. The van der Waals surface area contributed by atoms with Crippen LogP contribution in [0.4, 0.5) is 14.5 Å². The van der Waals surface area contributed by atoms with E-state index >= 15 is 0 Å². The molecule has 0 spiro atoms. The SMILES string of the molecule is Nc1cc(-n2cccc2)c(F)cc1F. The first kappa shape index (κ1) is 8.74. The van der Waals surface area contributed by atoms with Gasteiger partial charge in [0.1, 0.15) is 11.6 Å². The van der Waals surface area contributed by atoms with E-state index in [1.165, 1.54) is 10.6 Å². The Morgan fingerprint density at radius 2 is 1.64 bits per heavy atom. The lowest BCUT2D eigenvalue weighted by Crippen LogP contribution is -1.99. The van der Waals surface area contributed by atoms with Gasteiger partial charge < -0.3 is 10.3 Å². The minimum Gasteiger partial charge on any atom is -0.396 e. The lowest BCUT2D eigenvalue weighted by atomic mass is 10.2. The van der Waals surface area contributed by atoms with E-state index in [1.807, 2.05) is 0 Å². The van der Waals surface area contributed by atoms with Gasteiger partial charge in [-0.3, -0.25) is 0 Å². The van der Waals surface area contributed by atoms with E-state index in [4.69, 9.17) is 5.73 Å². The van der Waals surface area contributed by atoms with E-state index in [9.17, 15) is 8.78 Å². The molecule has 0 bridgehead atoms. The molecule has 0 fully saturated rings. The van der Waals surface area contributed by atoms with Gasteiger partial charge in [0.05, 0.1) is 11.4 Å². The molecule has 2 N–H and O–H groups in total. The van der Waals surface area contributed by atoms with E-state index in [2.05, 4.69) is 0 Å². The van der Waals surface area contributed by atoms with Gasteiger partial charge in [-0.15, -0.1) is 0 Å². The van der Waals surface area contributed by atoms with Crippen molar-refractivity contribution in [2.45, 2.75) is 0 Å². The second-order valence-corrected chi connectivity index (χ2v) is 2.92. The van der Waals surface area contributed by atoms with Gasteiger partial charge in [-0.05, 0) is 18.2 Å². The Kier molecular flexibility index (Phi) is 1.96. The summed E-state index contributed by atoms with van der Waals surface area (Å²) >= 11 is 0. The predicted molar refractivity (Wildman–Crippen MR) is 50.1 cm³/mol. The normalized spacial score (nSPS) is 10.4. The van der Waals surface area contributed by atoms with Crippen LogP contribution in [0.5, 0.6) is 0 Å². The molecule has 0 aliphatic heterocycles. The maximum atomic E-state index is 13.3. The molecule has 0 saturated heterocycles. The van der Waals surface area contributed by atoms with E-state index in [0.29, 0.717) is 0 Å². The number of anilines is 1. The zero-order valence-corrected chi connectivity index (χ0v) is 7.24. The van der Waals surface area contributed by atoms with Gasteiger partial charge in [0.2, 0.25) is 0 Å². The average Bonchev–Trinajstić information content (AvgIpc) is 2.64. The largest absolute Gasteiger partial charge is 0.396 e. The molecule has 0 unspecified atom stereocenters. The molecule has 0 atom stereocenters. The fourth-order valence-electron chi connectivity index (χ4n) is 1.25. The Balaban J connectivity index is 2.60. The topological polar surface area (TPSA) is 30.9 Å². The quantitative estimate of drug-likeness (QED) is 0.694. The van der Waals surface area contributed by atoms with Crippen LogP contribution in [0.15, 0.2) is 36.7 Å². The number of halogens is 2. The van der Waals surface area contributed by atoms with Crippen molar-refractivity contribution in [2.75, 3.05) is 5.73 Å². The summed E-state index contributed by atoms with van der Waals surface area (Å²) in [5.41, 5.74) is 5.52. The van der Waals surface area contributed by atoms with Crippen LogP contribution in [0.3, 0.4) is 0 Å². The fraction of sp³-hybridized carbons (Fsp3) is 0. The minimum absolute atomic E-state index is 0.0601. The van der Waals surface area contributed by atoms with Crippen LogP contribution < -0.4 is 5.73 Å². The van der Waals surface area contributed by atoms with E-state index in [1.54, 1.807) is 24.5 Å². The van der Waals surface area contributed by atoms with Crippen molar-refractivity contribution < 1.29 is 8.78 Å².